The summed E-state index contributed by atoms with van der Waals surface area (Å²) in [5.74, 6) is -1.28. The maximum Gasteiger partial charge on any atom is 0.701 e. The molecule has 56 heavy (non-hydrogen) atoms. The Hall–Kier alpha value is -1.37. The fourth-order valence-electron chi connectivity index (χ4n) is 7.70. The van der Waals surface area contributed by atoms with Gasteiger partial charge in [-0.3, -0.25) is 14.4 Å². The molecule has 0 aromatic heterocycles. The molecule has 0 saturated carbocycles. The summed E-state index contributed by atoms with van der Waals surface area (Å²) in [6.07, 6.45) is 49.0. The second-order valence-electron chi connectivity index (χ2n) is 17.3. The van der Waals surface area contributed by atoms with Crippen molar-refractivity contribution in [3.8, 4) is 0 Å². The summed E-state index contributed by atoms with van der Waals surface area (Å²) in [6, 6.07) is 0. The van der Waals surface area contributed by atoms with Gasteiger partial charge in [-0.1, -0.05) is 252 Å². The molecule has 0 heterocycles. The SMILES string of the molecule is CCCCCCCCCCCCCCCC(=O)O[Si](C)(OC(=O)CCCCCCCCCCCCCCC)OC(=O)CCCCCCCCCCCCCCC. The molecule has 0 aliphatic carbocycles. The second kappa shape index (κ2) is 43.2. The second-order valence-corrected chi connectivity index (χ2v) is 19.6. The zero-order chi connectivity index (χ0) is 41.1. The standard InChI is InChI=1S/C49H96O6Si/c1-5-8-11-14-17-20-23-26-29-32-35-38-41-44-47(50)53-56(4,54-48(51)45-42-39-36-33-30-27-24-21-18-15-12-9-6-2)55-49(52)46-43-40-37-34-31-28-25-22-19-16-13-10-7-3/h5-46H2,1-4H3. The number of unbranched alkanes of at least 4 members (excludes halogenated alkanes) is 36. The zero-order valence-corrected chi connectivity index (χ0v) is 39.1. The van der Waals surface area contributed by atoms with Gasteiger partial charge in [0.2, 0.25) is 0 Å². The number of carbonyl (C=O) groups is 3. The quantitative estimate of drug-likeness (QED) is 0.0450. The summed E-state index contributed by atoms with van der Waals surface area (Å²) in [5, 5.41) is 0. The predicted molar refractivity (Wildman–Crippen MR) is 241 cm³/mol. The Morgan fingerprint density at radius 3 is 0.571 bits per heavy atom. The lowest BCUT2D eigenvalue weighted by Crippen LogP contribution is -2.47. The van der Waals surface area contributed by atoms with E-state index in [2.05, 4.69) is 20.8 Å². The van der Waals surface area contributed by atoms with Crippen LogP contribution in [0.3, 0.4) is 0 Å². The first-order chi connectivity index (χ1) is 27.4. The van der Waals surface area contributed by atoms with Gasteiger partial charge in [0.1, 0.15) is 0 Å². The molecule has 0 amide bonds. The van der Waals surface area contributed by atoms with Crippen molar-refractivity contribution < 1.29 is 27.7 Å². The molecule has 6 nitrogen and oxygen atoms in total. The monoisotopic (exact) mass is 809 g/mol. The largest absolute Gasteiger partial charge is 0.701 e. The van der Waals surface area contributed by atoms with Crippen molar-refractivity contribution in [3.05, 3.63) is 0 Å². The highest BCUT2D eigenvalue weighted by molar-refractivity contribution is 6.64. The van der Waals surface area contributed by atoms with E-state index in [1.807, 2.05) is 0 Å². The van der Waals surface area contributed by atoms with E-state index in [-0.39, 0.29) is 19.3 Å². The summed E-state index contributed by atoms with van der Waals surface area (Å²) in [6.45, 7) is 8.33. The molecule has 0 bridgehead atoms. The van der Waals surface area contributed by atoms with Crippen LogP contribution in [0.1, 0.15) is 290 Å². The molecule has 0 aliphatic heterocycles. The van der Waals surface area contributed by atoms with Crippen LogP contribution in [0.25, 0.3) is 0 Å². The van der Waals surface area contributed by atoms with E-state index in [0.717, 1.165) is 57.8 Å². The van der Waals surface area contributed by atoms with Gasteiger partial charge in [0.05, 0.1) is 0 Å². The smallest absolute Gasteiger partial charge is 0.455 e. The lowest BCUT2D eigenvalue weighted by Gasteiger charge is -2.24. The molecular weight excluding hydrogens is 713 g/mol. The lowest BCUT2D eigenvalue weighted by atomic mass is 10.0. The number of hydrogen-bond donors (Lipinski definition) is 0. The average Bonchev–Trinajstić information content (AvgIpc) is 3.17. The van der Waals surface area contributed by atoms with Gasteiger partial charge in [-0.25, -0.2) is 0 Å². The highest BCUT2D eigenvalue weighted by Crippen LogP contribution is 2.20. The fraction of sp³-hybridized carbons (Fsp3) is 0.939. The zero-order valence-electron chi connectivity index (χ0n) is 38.1. The average molecular weight is 809 g/mol. The van der Waals surface area contributed by atoms with Crippen molar-refractivity contribution >= 4 is 26.7 Å². The van der Waals surface area contributed by atoms with Crippen LogP contribution in [0, 0.1) is 0 Å². The van der Waals surface area contributed by atoms with E-state index in [9.17, 15) is 14.4 Å². The van der Waals surface area contributed by atoms with E-state index in [0.29, 0.717) is 0 Å². The molecule has 0 atom stereocenters. The van der Waals surface area contributed by atoms with Crippen molar-refractivity contribution in [1.29, 1.82) is 0 Å². The summed E-state index contributed by atoms with van der Waals surface area (Å²) in [5.41, 5.74) is 0. The molecular formula is C49H96O6Si. The molecule has 0 saturated heterocycles. The van der Waals surface area contributed by atoms with Gasteiger partial charge in [0.25, 0.3) is 17.9 Å². The van der Waals surface area contributed by atoms with E-state index < -0.39 is 26.7 Å². The van der Waals surface area contributed by atoms with Crippen molar-refractivity contribution in [2.24, 2.45) is 0 Å². The van der Waals surface area contributed by atoms with E-state index in [1.54, 1.807) is 0 Å². The highest BCUT2D eigenvalue weighted by Gasteiger charge is 2.47. The van der Waals surface area contributed by atoms with Crippen LogP contribution < -0.4 is 0 Å². The third kappa shape index (κ3) is 40.8. The van der Waals surface area contributed by atoms with Crippen molar-refractivity contribution in [2.45, 2.75) is 297 Å². The molecule has 7 heteroatoms. The normalized spacial score (nSPS) is 11.6. The number of rotatable bonds is 45. The minimum Gasteiger partial charge on any atom is -0.455 e. The Morgan fingerprint density at radius 2 is 0.411 bits per heavy atom. The summed E-state index contributed by atoms with van der Waals surface area (Å²) in [7, 11) is -3.80. The van der Waals surface area contributed by atoms with E-state index in [1.165, 1.54) is 199 Å². The Balaban J connectivity index is 4.48. The molecule has 0 unspecified atom stereocenters. The summed E-state index contributed by atoms with van der Waals surface area (Å²) in [4.78, 5) is 38.8. The maximum atomic E-state index is 12.9. The van der Waals surface area contributed by atoms with Crippen LogP contribution in [0.5, 0.6) is 0 Å². The molecule has 332 valence electrons. The summed E-state index contributed by atoms with van der Waals surface area (Å²) >= 11 is 0. The van der Waals surface area contributed by atoms with Crippen LogP contribution in [0.2, 0.25) is 6.55 Å². The molecule has 0 aromatic rings. The van der Waals surface area contributed by atoms with Gasteiger partial charge in [-0.15, -0.1) is 0 Å². The Bertz CT molecular complexity index is 756. The number of hydrogen-bond acceptors (Lipinski definition) is 6. The van der Waals surface area contributed by atoms with Crippen LogP contribution >= 0.6 is 0 Å². The molecule has 0 N–H and O–H groups in total. The first-order valence-corrected chi connectivity index (χ1v) is 27.2. The van der Waals surface area contributed by atoms with Gasteiger partial charge < -0.3 is 13.3 Å². The molecule has 0 fully saturated rings. The first kappa shape index (κ1) is 54.6. The molecule has 0 spiro atoms. The molecule has 0 rings (SSSR count). The fourth-order valence-corrected chi connectivity index (χ4v) is 9.37. The highest BCUT2D eigenvalue weighted by atomic mass is 28.4. The van der Waals surface area contributed by atoms with Gasteiger partial charge >= 0.3 is 8.80 Å². The predicted octanol–water partition coefficient (Wildman–Crippen LogP) is 16.6. The molecule has 0 aromatic carbocycles. The summed E-state index contributed by atoms with van der Waals surface area (Å²) < 4.78 is 17.2. The Kier molecular flexibility index (Phi) is 42.2. The molecule has 0 radical (unpaired) electrons. The van der Waals surface area contributed by atoms with Gasteiger partial charge in [-0.05, 0) is 19.3 Å². The van der Waals surface area contributed by atoms with Crippen LogP contribution in [0.15, 0.2) is 0 Å². The maximum absolute atomic E-state index is 12.9. The van der Waals surface area contributed by atoms with E-state index in [4.69, 9.17) is 13.3 Å². The van der Waals surface area contributed by atoms with Crippen LogP contribution in [-0.2, 0) is 27.7 Å². The third-order valence-electron chi connectivity index (χ3n) is 11.4. The third-order valence-corrected chi connectivity index (χ3v) is 13.1. The lowest BCUT2D eigenvalue weighted by molar-refractivity contribution is -0.150. The molecule has 0 aliphatic rings. The topological polar surface area (TPSA) is 78.9 Å². The number of carbonyl (C=O) groups excluding carboxylic acids is 3. The van der Waals surface area contributed by atoms with Crippen molar-refractivity contribution in [2.75, 3.05) is 0 Å². The van der Waals surface area contributed by atoms with E-state index >= 15 is 0 Å². The Morgan fingerprint density at radius 1 is 0.268 bits per heavy atom. The minimum absolute atomic E-state index is 0.257. The van der Waals surface area contributed by atoms with Crippen molar-refractivity contribution in [1.82, 2.24) is 0 Å². The minimum atomic E-state index is -3.80. The van der Waals surface area contributed by atoms with Gasteiger partial charge in [0, 0.05) is 25.8 Å². The van der Waals surface area contributed by atoms with Gasteiger partial charge in [0.15, 0.2) is 0 Å². The van der Waals surface area contributed by atoms with Crippen LogP contribution in [0.4, 0.5) is 0 Å². The Labute approximate surface area is 350 Å². The first-order valence-electron chi connectivity index (χ1n) is 25.0. The van der Waals surface area contributed by atoms with Crippen molar-refractivity contribution in [3.63, 3.8) is 0 Å². The van der Waals surface area contributed by atoms with Crippen LogP contribution in [-0.4, -0.2) is 26.7 Å². The van der Waals surface area contributed by atoms with Gasteiger partial charge in [-0.2, -0.15) is 0 Å².